The average Bonchev–Trinajstić information content (AvgIpc) is 3.14. The first-order valence-corrected chi connectivity index (χ1v) is 10.4. The Morgan fingerprint density at radius 3 is 2.41 bits per heavy atom. The van der Waals surface area contributed by atoms with E-state index in [0.29, 0.717) is 10.6 Å². The van der Waals surface area contributed by atoms with Gasteiger partial charge in [0.15, 0.2) is 0 Å². The minimum absolute atomic E-state index is 0.0670. The molecule has 0 saturated carbocycles. The number of non-ortho nitro benzene ring substituents is 1. The van der Waals surface area contributed by atoms with Crippen LogP contribution in [0.5, 0.6) is 0 Å². The third-order valence-electron chi connectivity index (χ3n) is 4.10. The smallest absolute Gasteiger partial charge is 0.269 e. The first-order chi connectivity index (χ1) is 13.7. The molecule has 152 valence electrons. The van der Waals surface area contributed by atoms with Gasteiger partial charge in [-0.1, -0.05) is 28.9 Å². The lowest BCUT2D eigenvalue weighted by atomic mass is 10.2. The van der Waals surface area contributed by atoms with E-state index in [1.807, 2.05) is 0 Å². The SMILES string of the molecule is CC(C)N(Cc1nc(-c2ccccc2Cl)no1)S(=O)(=O)c1ccc([N+](=O)[O-])cc1. The largest absolute Gasteiger partial charge is 0.338 e. The number of rotatable bonds is 7. The van der Waals surface area contributed by atoms with Gasteiger partial charge >= 0.3 is 0 Å². The predicted octanol–water partition coefficient (Wildman–Crippen LogP) is 3.90. The van der Waals surface area contributed by atoms with Crippen LogP contribution in [0, 0.1) is 10.1 Å². The standard InChI is InChI=1S/C18H17ClN4O5S/c1-12(2)22(29(26,27)14-9-7-13(8-10-14)23(24)25)11-17-20-18(21-28-17)15-5-3-4-6-16(15)19/h3-10,12H,11H2,1-2H3. The molecule has 0 aliphatic heterocycles. The van der Waals surface area contributed by atoms with Crippen molar-refractivity contribution in [2.75, 3.05) is 0 Å². The van der Waals surface area contributed by atoms with Crippen molar-refractivity contribution in [2.45, 2.75) is 31.3 Å². The van der Waals surface area contributed by atoms with Gasteiger partial charge in [0.1, 0.15) is 0 Å². The van der Waals surface area contributed by atoms with Gasteiger partial charge < -0.3 is 4.52 Å². The summed E-state index contributed by atoms with van der Waals surface area (Å²) < 4.78 is 32.5. The summed E-state index contributed by atoms with van der Waals surface area (Å²) in [6.45, 7) is 3.25. The second kappa shape index (κ2) is 8.27. The summed E-state index contributed by atoms with van der Waals surface area (Å²) >= 11 is 6.14. The quantitative estimate of drug-likeness (QED) is 0.407. The highest BCUT2D eigenvalue weighted by atomic mass is 35.5. The Morgan fingerprint density at radius 1 is 1.17 bits per heavy atom. The van der Waals surface area contributed by atoms with Crippen LogP contribution >= 0.6 is 11.6 Å². The fourth-order valence-electron chi connectivity index (χ4n) is 2.62. The molecule has 0 unspecified atom stereocenters. The van der Waals surface area contributed by atoms with E-state index >= 15 is 0 Å². The molecule has 2 aromatic carbocycles. The van der Waals surface area contributed by atoms with Crippen molar-refractivity contribution in [3.63, 3.8) is 0 Å². The highest BCUT2D eigenvalue weighted by Crippen LogP contribution is 2.27. The molecule has 3 rings (SSSR count). The topological polar surface area (TPSA) is 119 Å². The molecule has 0 bridgehead atoms. The molecule has 9 nitrogen and oxygen atoms in total. The van der Waals surface area contributed by atoms with E-state index in [2.05, 4.69) is 10.1 Å². The van der Waals surface area contributed by atoms with Gasteiger partial charge in [-0.3, -0.25) is 10.1 Å². The summed E-state index contributed by atoms with van der Waals surface area (Å²) in [5.74, 6) is 0.348. The Morgan fingerprint density at radius 2 is 1.83 bits per heavy atom. The van der Waals surface area contributed by atoms with E-state index < -0.39 is 21.0 Å². The van der Waals surface area contributed by atoms with Crippen molar-refractivity contribution >= 4 is 27.3 Å². The molecule has 0 N–H and O–H groups in total. The number of nitrogens with zero attached hydrogens (tertiary/aromatic N) is 4. The van der Waals surface area contributed by atoms with Crippen LogP contribution in [0.3, 0.4) is 0 Å². The van der Waals surface area contributed by atoms with Gasteiger partial charge in [-0.25, -0.2) is 8.42 Å². The van der Waals surface area contributed by atoms with Gasteiger partial charge in [0, 0.05) is 23.7 Å². The van der Waals surface area contributed by atoms with Crippen molar-refractivity contribution in [3.05, 3.63) is 69.6 Å². The van der Waals surface area contributed by atoms with Crippen molar-refractivity contribution in [1.82, 2.24) is 14.4 Å². The molecule has 0 spiro atoms. The molecular weight excluding hydrogens is 420 g/mol. The maximum Gasteiger partial charge on any atom is 0.269 e. The van der Waals surface area contributed by atoms with Crippen molar-refractivity contribution in [3.8, 4) is 11.4 Å². The highest BCUT2D eigenvalue weighted by Gasteiger charge is 2.29. The minimum Gasteiger partial charge on any atom is -0.338 e. The average molecular weight is 437 g/mol. The van der Waals surface area contributed by atoms with Gasteiger partial charge in [0.25, 0.3) is 5.69 Å². The molecule has 0 atom stereocenters. The van der Waals surface area contributed by atoms with E-state index in [9.17, 15) is 18.5 Å². The molecule has 0 radical (unpaired) electrons. The van der Waals surface area contributed by atoms with Gasteiger partial charge in [-0.15, -0.1) is 0 Å². The number of hydrogen-bond acceptors (Lipinski definition) is 7. The van der Waals surface area contributed by atoms with E-state index in [4.69, 9.17) is 16.1 Å². The van der Waals surface area contributed by atoms with E-state index in [0.717, 1.165) is 12.1 Å². The van der Waals surface area contributed by atoms with E-state index in [-0.39, 0.29) is 28.8 Å². The van der Waals surface area contributed by atoms with Crippen LogP contribution in [0.4, 0.5) is 5.69 Å². The molecular formula is C18H17ClN4O5S. The van der Waals surface area contributed by atoms with Crippen LogP contribution in [0.2, 0.25) is 5.02 Å². The number of nitro benzene ring substituents is 1. The molecule has 11 heteroatoms. The Labute approximate surface area is 172 Å². The first kappa shape index (κ1) is 20.9. The Balaban J connectivity index is 1.89. The summed E-state index contributed by atoms with van der Waals surface area (Å²) in [6, 6.07) is 11.2. The van der Waals surface area contributed by atoms with Crippen LogP contribution in [0.1, 0.15) is 19.7 Å². The summed E-state index contributed by atoms with van der Waals surface area (Å²) in [7, 11) is -3.95. The fraction of sp³-hybridized carbons (Fsp3) is 0.222. The summed E-state index contributed by atoms with van der Waals surface area (Å²) in [6.07, 6.45) is 0. The number of benzene rings is 2. The van der Waals surface area contributed by atoms with Crippen LogP contribution in [0.25, 0.3) is 11.4 Å². The summed E-state index contributed by atoms with van der Waals surface area (Å²) in [5, 5.41) is 15.1. The van der Waals surface area contributed by atoms with Crippen LogP contribution in [-0.4, -0.2) is 33.8 Å². The third kappa shape index (κ3) is 4.44. The number of nitro groups is 1. The normalized spacial score (nSPS) is 11.9. The van der Waals surface area contributed by atoms with Crippen molar-refractivity contribution in [2.24, 2.45) is 0 Å². The maximum absolute atomic E-state index is 13.0. The zero-order valence-corrected chi connectivity index (χ0v) is 17.1. The van der Waals surface area contributed by atoms with Crippen molar-refractivity contribution in [1.29, 1.82) is 0 Å². The lowest BCUT2D eigenvalue weighted by Crippen LogP contribution is -2.36. The highest BCUT2D eigenvalue weighted by molar-refractivity contribution is 7.89. The molecule has 0 saturated heterocycles. The monoisotopic (exact) mass is 436 g/mol. The second-order valence-corrected chi connectivity index (χ2v) is 8.68. The molecule has 0 amide bonds. The molecule has 1 heterocycles. The maximum atomic E-state index is 13.0. The summed E-state index contributed by atoms with van der Waals surface area (Å²) in [5.41, 5.74) is 0.375. The van der Waals surface area contributed by atoms with Gasteiger partial charge in [0.2, 0.25) is 21.7 Å². The second-order valence-electron chi connectivity index (χ2n) is 6.39. The molecule has 0 aliphatic carbocycles. The lowest BCUT2D eigenvalue weighted by molar-refractivity contribution is -0.384. The zero-order valence-electron chi connectivity index (χ0n) is 15.5. The molecule has 3 aromatic rings. The first-order valence-electron chi connectivity index (χ1n) is 8.54. The molecule has 0 aliphatic rings. The number of sulfonamides is 1. The molecule has 29 heavy (non-hydrogen) atoms. The predicted molar refractivity (Wildman–Crippen MR) is 106 cm³/mol. The van der Waals surface area contributed by atoms with E-state index in [1.54, 1.807) is 38.1 Å². The zero-order chi connectivity index (χ0) is 21.2. The van der Waals surface area contributed by atoms with Crippen LogP contribution < -0.4 is 0 Å². The Bertz CT molecular complexity index is 1130. The molecule has 0 fully saturated rings. The fourth-order valence-corrected chi connectivity index (χ4v) is 4.43. The van der Waals surface area contributed by atoms with Crippen LogP contribution in [-0.2, 0) is 16.6 Å². The number of halogens is 1. The summed E-state index contributed by atoms with van der Waals surface area (Å²) in [4.78, 5) is 14.4. The van der Waals surface area contributed by atoms with Crippen molar-refractivity contribution < 1.29 is 17.9 Å². The van der Waals surface area contributed by atoms with E-state index in [1.165, 1.54) is 16.4 Å². The van der Waals surface area contributed by atoms with Gasteiger partial charge in [-0.2, -0.15) is 9.29 Å². The minimum atomic E-state index is -3.95. The van der Waals surface area contributed by atoms with Gasteiger partial charge in [0.05, 0.1) is 21.4 Å². The Hall–Kier alpha value is -2.82. The Kier molecular flexibility index (Phi) is 5.96. The number of hydrogen-bond donors (Lipinski definition) is 0. The number of aromatic nitrogens is 2. The van der Waals surface area contributed by atoms with Crippen LogP contribution in [0.15, 0.2) is 57.9 Å². The lowest BCUT2D eigenvalue weighted by Gasteiger charge is -2.24. The van der Waals surface area contributed by atoms with Gasteiger partial charge in [-0.05, 0) is 38.1 Å². The third-order valence-corrected chi connectivity index (χ3v) is 6.47. The molecule has 1 aromatic heterocycles.